The van der Waals surface area contributed by atoms with Gasteiger partial charge in [0.25, 0.3) is 0 Å². The monoisotopic (exact) mass is 332 g/mol. The number of hydrogen-bond donors (Lipinski definition) is 4. The minimum atomic E-state index is -1.28. The van der Waals surface area contributed by atoms with Gasteiger partial charge in [-0.05, 0) is 0 Å². The summed E-state index contributed by atoms with van der Waals surface area (Å²) in [6.45, 7) is -2.46. The Balaban J connectivity index is -0.000000602. The average Bonchev–Trinajstić information content (AvgIpc) is 2.22. The van der Waals surface area contributed by atoms with E-state index in [0.717, 1.165) is 22.2 Å². The molecule has 0 unspecified atom stereocenters. The Morgan fingerprint density at radius 1 is 0.667 bits per heavy atom. The van der Waals surface area contributed by atoms with Gasteiger partial charge >= 0.3 is 61.6 Å². The van der Waals surface area contributed by atoms with E-state index in [0.29, 0.717) is 0 Å². The maximum absolute atomic E-state index is 10.5. The van der Waals surface area contributed by atoms with E-state index in [1.54, 1.807) is 0 Å². The third-order valence-corrected chi connectivity index (χ3v) is 1.84. The zero-order valence-electron chi connectivity index (χ0n) is 13.0. The van der Waals surface area contributed by atoms with Crippen molar-refractivity contribution in [2.45, 2.75) is 0 Å². The Morgan fingerprint density at radius 2 is 0.857 bits per heavy atom. The van der Waals surface area contributed by atoms with Crippen LogP contribution >= 0.6 is 0 Å². The van der Waals surface area contributed by atoms with Crippen LogP contribution in [0.2, 0.25) is 0 Å². The first kappa shape index (κ1) is 21.8. The van der Waals surface area contributed by atoms with Gasteiger partial charge in [-0.3, -0.25) is 19.2 Å². The molecule has 0 aliphatic rings. The van der Waals surface area contributed by atoms with Crippen molar-refractivity contribution in [2.75, 3.05) is 26.2 Å². The molecule has 0 aromatic rings. The second-order valence-electron chi connectivity index (χ2n) is 3.68. The summed E-state index contributed by atoms with van der Waals surface area (Å²) in [5.41, 5.74) is 0. The van der Waals surface area contributed by atoms with Gasteiger partial charge < -0.3 is 33.1 Å². The maximum Gasteiger partial charge on any atom is 2.00 e. The summed E-state index contributed by atoms with van der Waals surface area (Å²) >= 11 is 0. The van der Waals surface area contributed by atoms with Crippen LogP contribution in [0.15, 0.2) is 12.4 Å². The van der Waals surface area contributed by atoms with Gasteiger partial charge in [-0.25, -0.2) is 0 Å². The number of aliphatic carboxylic acids is 4. The largest absolute Gasteiger partial charge is 2.00 e. The molecular weight excluding hydrogens is 316 g/mol. The molecule has 116 valence electrons. The number of hydrogen-bond acceptors (Lipinski definition) is 6. The van der Waals surface area contributed by atoms with Crippen LogP contribution in [0.25, 0.3) is 0 Å². The topological polar surface area (TPSA) is 156 Å². The molecule has 0 aromatic carbocycles. The van der Waals surface area contributed by atoms with Gasteiger partial charge in [0.2, 0.25) is 0 Å². The molecule has 0 spiro atoms. The van der Waals surface area contributed by atoms with E-state index < -0.39 is 50.1 Å². The van der Waals surface area contributed by atoms with Crippen LogP contribution < -0.4 is 0 Å². The van der Waals surface area contributed by atoms with E-state index in [9.17, 15) is 19.2 Å². The number of nitrogens with zero attached hydrogens (tertiary/aromatic N) is 2. The van der Waals surface area contributed by atoms with E-state index in [2.05, 4.69) is 0 Å². The van der Waals surface area contributed by atoms with Gasteiger partial charge in [-0.1, -0.05) is 0 Å². The van der Waals surface area contributed by atoms with E-state index in [-0.39, 0.29) is 40.6 Å². The normalized spacial score (nSPS) is 9.71. The maximum atomic E-state index is 10.5. The summed E-state index contributed by atoms with van der Waals surface area (Å²) in [5.74, 6) is -5.12. The Kier molecular flexibility index (Phi) is 11.6. The van der Waals surface area contributed by atoms with Crippen molar-refractivity contribution in [3.63, 3.8) is 0 Å². The van der Waals surface area contributed by atoms with Gasteiger partial charge in [0.1, 0.15) is 26.2 Å². The first-order valence-electron chi connectivity index (χ1n) is 5.24. The molecule has 4 N–H and O–H groups in total. The molecule has 0 heterocycles. The van der Waals surface area contributed by atoms with E-state index in [1.165, 1.54) is 0 Å². The zero-order valence-corrected chi connectivity index (χ0v) is 13.2. The Hall–Kier alpha value is -1.52. The standard InChI is InChI=1S/C10H14N2O8.Ca.2H/c13-7(14)3-11(4-8(15)16)1-2-12(5-9(17)18)6-10(19)20;;;/h1-2H,3-6H2,(H,13,14)(H,15,16)(H,17,18)(H,19,20);;;/q;+2;2*-1. The number of rotatable bonds is 10. The molecule has 0 saturated carbocycles. The summed E-state index contributed by atoms with van der Waals surface area (Å²) in [5, 5.41) is 34.3. The van der Waals surface area contributed by atoms with E-state index >= 15 is 0 Å². The molecule has 0 amide bonds. The Morgan fingerprint density at radius 3 is 1.00 bits per heavy atom. The first-order chi connectivity index (χ1) is 9.20. The second-order valence-corrected chi connectivity index (χ2v) is 3.68. The zero-order chi connectivity index (χ0) is 15.7. The SMILES string of the molecule is O=C(O)CN(C=CN(CC(=O)O)CC(=O)O)CC(=O)O.[Ca+2].[H-].[H-]. The molecule has 10 nitrogen and oxygen atoms in total. The van der Waals surface area contributed by atoms with Crippen molar-refractivity contribution in [2.24, 2.45) is 0 Å². The Bertz CT molecular complexity index is 365. The van der Waals surface area contributed by atoms with Crippen molar-refractivity contribution in [1.82, 2.24) is 9.80 Å². The molecule has 0 aliphatic heterocycles. The second kappa shape index (κ2) is 11.2. The quantitative estimate of drug-likeness (QED) is 0.338. The fourth-order valence-electron chi connectivity index (χ4n) is 1.21. The smallest absolute Gasteiger partial charge is 1.00 e. The molecule has 0 rings (SSSR count). The number of carboxylic acids is 4. The third kappa shape index (κ3) is 13.2. The first-order valence-corrected chi connectivity index (χ1v) is 5.24. The van der Waals surface area contributed by atoms with Gasteiger partial charge in [0.05, 0.1) is 0 Å². The molecule has 11 heteroatoms. The van der Waals surface area contributed by atoms with Crippen LogP contribution in [0.4, 0.5) is 0 Å². The fourth-order valence-corrected chi connectivity index (χ4v) is 1.21. The molecule has 0 atom stereocenters. The van der Waals surface area contributed by atoms with Crippen LogP contribution in [-0.2, 0) is 19.2 Å². The average molecular weight is 332 g/mol. The van der Waals surface area contributed by atoms with Gasteiger partial charge in [0.15, 0.2) is 0 Å². The minimum Gasteiger partial charge on any atom is -1.00 e. The Labute approximate surface area is 152 Å². The fraction of sp³-hybridized carbons (Fsp3) is 0.400. The van der Waals surface area contributed by atoms with Crippen molar-refractivity contribution < 1.29 is 42.5 Å². The van der Waals surface area contributed by atoms with Gasteiger partial charge in [-0.15, -0.1) is 0 Å². The van der Waals surface area contributed by atoms with E-state index in [4.69, 9.17) is 20.4 Å². The van der Waals surface area contributed by atoms with Crippen molar-refractivity contribution in [3.8, 4) is 0 Å². The molecular formula is C10H16CaN2O8. The molecule has 0 aliphatic carbocycles. The molecule has 0 aromatic heterocycles. The van der Waals surface area contributed by atoms with Gasteiger partial charge in [0, 0.05) is 12.4 Å². The molecule has 0 bridgehead atoms. The van der Waals surface area contributed by atoms with Crippen molar-refractivity contribution in [3.05, 3.63) is 12.4 Å². The molecule has 0 saturated heterocycles. The van der Waals surface area contributed by atoms with Gasteiger partial charge in [-0.2, -0.15) is 0 Å². The third-order valence-electron chi connectivity index (χ3n) is 1.84. The predicted octanol–water partition coefficient (Wildman–Crippen LogP) is -1.76. The van der Waals surface area contributed by atoms with Crippen molar-refractivity contribution >= 4 is 61.6 Å². The van der Waals surface area contributed by atoms with Crippen LogP contribution in [0.3, 0.4) is 0 Å². The molecule has 0 radical (unpaired) electrons. The summed E-state index contributed by atoms with van der Waals surface area (Å²) < 4.78 is 0. The summed E-state index contributed by atoms with van der Waals surface area (Å²) in [7, 11) is 0. The van der Waals surface area contributed by atoms with Crippen LogP contribution in [0.1, 0.15) is 2.85 Å². The summed E-state index contributed by atoms with van der Waals surface area (Å²) in [4.78, 5) is 43.9. The van der Waals surface area contributed by atoms with E-state index in [1.807, 2.05) is 0 Å². The number of carboxylic acid groups (broad SMARTS) is 4. The van der Waals surface area contributed by atoms with Crippen LogP contribution in [-0.4, -0.2) is 118 Å². The molecule has 0 fully saturated rings. The van der Waals surface area contributed by atoms with Crippen LogP contribution in [0.5, 0.6) is 0 Å². The molecule has 21 heavy (non-hydrogen) atoms. The number of carbonyl (C=O) groups is 4. The summed E-state index contributed by atoms with van der Waals surface area (Å²) in [6, 6.07) is 0. The minimum absolute atomic E-state index is 0. The predicted molar refractivity (Wildman–Crippen MR) is 70.8 cm³/mol. The van der Waals surface area contributed by atoms with Crippen LogP contribution in [0, 0.1) is 0 Å². The summed E-state index contributed by atoms with van der Waals surface area (Å²) in [6.07, 6.45) is 2.04. The van der Waals surface area contributed by atoms with Crippen molar-refractivity contribution in [1.29, 1.82) is 0 Å².